The molecule has 0 bridgehead atoms. The number of allylic oxidation sites excluding steroid dienone is 1. The maximum Gasteiger partial charge on any atom is 4.00 e. The van der Waals surface area contributed by atoms with Crippen molar-refractivity contribution >= 4 is 8.24 Å². The molecule has 1 aliphatic carbocycles. The van der Waals surface area contributed by atoms with Crippen LogP contribution in [0.3, 0.4) is 0 Å². The quantitative estimate of drug-likeness (QED) is 0.135. The SMILES string of the molecule is CCCCCC1=CC(N2CCCC2)CC1[Si@](C)(CCCC)[N-]C(C)(C)C.[CH3-].[CH3-].[CH3-].[Ti+4]. The molecule has 0 radical (unpaired) electrons. The maximum atomic E-state index is 5.58. The average Bonchev–Trinajstić information content (AvgIpc) is 3.21. The van der Waals surface area contributed by atoms with Crippen molar-refractivity contribution in [1.82, 2.24) is 4.90 Å². The molecule has 1 aliphatic heterocycles. The van der Waals surface area contributed by atoms with Crippen LogP contribution in [0.1, 0.15) is 92.4 Å². The molecule has 0 spiro atoms. The molecule has 0 aromatic rings. The van der Waals surface area contributed by atoms with Crippen LogP contribution in [0, 0.1) is 22.3 Å². The zero-order chi connectivity index (χ0) is 19.2. The van der Waals surface area contributed by atoms with Crippen LogP contribution in [0.25, 0.3) is 4.98 Å². The Labute approximate surface area is 208 Å². The molecule has 0 N–H and O–H groups in total. The number of likely N-dealkylation sites (tertiary alicyclic amines) is 1. The minimum Gasteiger partial charge on any atom is -0.659 e. The van der Waals surface area contributed by atoms with Gasteiger partial charge in [-0.25, -0.2) is 0 Å². The molecule has 1 fully saturated rings. The molecule has 3 atom stereocenters. The maximum absolute atomic E-state index is 5.58. The molecule has 0 aromatic heterocycles. The van der Waals surface area contributed by atoms with E-state index in [0.717, 1.165) is 5.54 Å². The van der Waals surface area contributed by atoms with Gasteiger partial charge in [0.1, 0.15) is 0 Å². The van der Waals surface area contributed by atoms with Crippen LogP contribution >= 0.6 is 0 Å². The molecule has 1 heterocycles. The van der Waals surface area contributed by atoms with Crippen LogP contribution in [0.4, 0.5) is 0 Å². The van der Waals surface area contributed by atoms with Crippen LogP contribution < -0.4 is 0 Å². The Morgan fingerprint density at radius 3 is 2.07 bits per heavy atom. The second kappa shape index (κ2) is 16.2. The summed E-state index contributed by atoms with van der Waals surface area (Å²) in [5.74, 6) is 0. The molecular formula is C26H54N2SiTi. The van der Waals surface area contributed by atoms with Crippen molar-refractivity contribution in [3.05, 3.63) is 38.9 Å². The van der Waals surface area contributed by atoms with Crippen LogP contribution in [0.15, 0.2) is 11.6 Å². The zero-order valence-electron chi connectivity index (χ0n) is 22.1. The first-order chi connectivity index (χ1) is 12.3. The third-order valence-corrected chi connectivity index (χ3v) is 11.0. The van der Waals surface area contributed by atoms with Gasteiger partial charge in [-0.05, 0) is 50.7 Å². The number of unbranched alkanes of at least 4 members (excludes halogenated alkanes) is 3. The second-order valence-corrected chi connectivity index (χ2v) is 14.2. The van der Waals surface area contributed by atoms with Gasteiger partial charge < -0.3 is 27.3 Å². The van der Waals surface area contributed by atoms with Gasteiger partial charge in [0.15, 0.2) is 0 Å². The van der Waals surface area contributed by atoms with E-state index < -0.39 is 8.24 Å². The van der Waals surface area contributed by atoms with E-state index in [4.69, 9.17) is 4.98 Å². The first-order valence-electron chi connectivity index (χ1n) is 11.5. The Morgan fingerprint density at radius 2 is 1.57 bits per heavy atom. The third-order valence-electron chi connectivity index (χ3n) is 6.39. The van der Waals surface area contributed by atoms with Crippen LogP contribution in [-0.4, -0.2) is 37.8 Å². The predicted molar refractivity (Wildman–Crippen MR) is 139 cm³/mol. The van der Waals surface area contributed by atoms with Gasteiger partial charge in [0.25, 0.3) is 0 Å². The van der Waals surface area contributed by atoms with Crippen molar-refractivity contribution in [1.29, 1.82) is 0 Å². The summed E-state index contributed by atoms with van der Waals surface area (Å²) < 4.78 is 0. The van der Waals surface area contributed by atoms with Crippen LogP contribution in [0.5, 0.6) is 0 Å². The van der Waals surface area contributed by atoms with E-state index in [0.29, 0.717) is 6.04 Å². The zero-order valence-corrected chi connectivity index (χ0v) is 24.7. The van der Waals surface area contributed by atoms with Crippen molar-refractivity contribution in [2.24, 2.45) is 0 Å². The fourth-order valence-electron chi connectivity index (χ4n) is 5.25. The normalized spacial score (nSPS) is 23.3. The van der Waals surface area contributed by atoms with Gasteiger partial charge >= 0.3 is 21.7 Å². The Hall–Kier alpha value is 0.591. The number of hydrogen-bond acceptors (Lipinski definition) is 1. The van der Waals surface area contributed by atoms with Crippen LogP contribution in [0.2, 0.25) is 18.1 Å². The average molecular weight is 471 g/mol. The first-order valence-corrected chi connectivity index (χ1v) is 14.2. The fraction of sp³-hybridized carbons (Fsp3) is 0.808. The Balaban J connectivity index is -0.00000182. The Morgan fingerprint density at radius 1 is 1.00 bits per heavy atom. The minimum absolute atomic E-state index is 0. The minimum atomic E-state index is -1.66. The molecule has 0 saturated carbocycles. The van der Waals surface area contributed by atoms with Gasteiger partial charge in [-0.2, -0.15) is 0 Å². The van der Waals surface area contributed by atoms with E-state index in [-0.39, 0.29) is 49.5 Å². The molecule has 2 unspecified atom stereocenters. The summed E-state index contributed by atoms with van der Waals surface area (Å²) in [5.41, 5.74) is 2.69. The Bertz CT molecular complexity index is 454. The van der Waals surface area contributed by atoms with E-state index in [1.807, 2.05) is 0 Å². The summed E-state index contributed by atoms with van der Waals surface area (Å²) in [6.45, 7) is 16.9. The van der Waals surface area contributed by atoms with Gasteiger partial charge in [-0.15, -0.1) is 5.54 Å². The van der Waals surface area contributed by atoms with Crippen LogP contribution in [-0.2, 0) is 21.7 Å². The second-order valence-electron chi connectivity index (χ2n) is 10.0. The van der Waals surface area contributed by atoms with Crippen molar-refractivity contribution in [3.8, 4) is 0 Å². The van der Waals surface area contributed by atoms with E-state index in [2.05, 4.69) is 52.1 Å². The van der Waals surface area contributed by atoms with Crippen molar-refractivity contribution in [3.63, 3.8) is 0 Å². The standard InChI is InChI=1S/C23H45N2Si.3CH3.Ti/c1-7-9-11-14-20-18-21(25-15-12-13-16-25)19-22(20)26(6,17-10-8-2)24-23(3,4)5;;;;/h18,21-22H,7-17,19H2,1-6H3;3*1H3;/q4*-1;+4/t21?,22?,26-;;;;/m0..../s1. The molecule has 2 aliphatic rings. The summed E-state index contributed by atoms with van der Waals surface area (Å²) in [6.07, 6.45) is 14.9. The molecule has 2 nitrogen and oxygen atoms in total. The predicted octanol–water partition coefficient (Wildman–Crippen LogP) is 8.63. The number of nitrogens with zero attached hydrogens (tertiary/aromatic N) is 2. The van der Waals surface area contributed by atoms with Crippen molar-refractivity contribution in [2.45, 2.75) is 122 Å². The topological polar surface area (TPSA) is 17.3 Å². The summed E-state index contributed by atoms with van der Waals surface area (Å²) in [5, 5.41) is 0. The fourth-order valence-corrected chi connectivity index (χ4v) is 10.3. The molecular weight excluding hydrogens is 416 g/mol. The molecule has 4 heteroatoms. The summed E-state index contributed by atoms with van der Waals surface area (Å²) in [6, 6.07) is 2.09. The van der Waals surface area contributed by atoms with Crippen molar-refractivity contribution in [2.75, 3.05) is 13.1 Å². The van der Waals surface area contributed by atoms with Gasteiger partial charge in [0.05, 0.1) is 0 Å². The molecule has 0 amide bonds. The van der Waals surface area contributed by atoms with E-state index in [1.54, 1.807) is 5.57 Å². The van der Waals surface area contributed by atoms with E-state index in [1.165, 1.54) is 76.9 Å². The van der Waals surface area contributed by atoms with Gasteiger partial charge in [0, 0.05) is 6.04 Å². The van der Waals surface area contributed by atoms with Crippen molar-refractivity contribution < 1.29 is 21.7 Å². The monoisotopic (exact) mass is 470 g/mol. The molecule has 30 heavy (non-hydrogen) atoms. The number of hydrogen-bond donors (Lipinski definition) is 0. The van der Waals surface area contributed by atoms with Gasteiger partial charge in [-0.1, -0.05) is 92.8 Å². The number of rotatable bonds is 10. The molecule has 1 saturated heterocycles. The molecule has 2 rings (SSSR count). The molecule has 0 aromatic carbocycles. The summed E-state index contributed by atoms with van der Waals surface area (Å²) in [4.78, 5) is 8.35. The molecule has 176 valence electrons. The third kappa shape index (κ3) is 10.5. The smallest absolute Gasteiger partial charge is 0.659 e. The van der Waals surface area contributed by atoms with Gasteiger partial charge in [0.2, 0.25) is 0 Å². The Kier molecular flexibility index (Phi) is 19.1. The summed E-state index contributed by atoms with van der Waals surface area (Å²) in [7, 11) is -1.66. The van der Waals surface area contributed by atoms with E-state index in [9.17, 15) is 0 Å². The largest absolute Gasteiger partial charge is 4.00 e. The van der Waals surface area contributed by atoms with E-state index >= 15 is 0 Å². The summed E-state index contributed by atoms with van der Waals surface area (Å²) >= 11 is 0. The first kappa shape index (κ1) is 35.2. The van der Waals surface area contributed by atoms with Gasteiger partial charge in [-0.3, -0.25) is 4.90 Å².